The lowest BCUT2D eigenvalue weighted by Gasteiger charge is -2.35. The number of piperidine rings is 2. The first-order chi connectivity index (χ1) is 30.6. The maximum atomic E-state index is 13.2. The number of nitrogens with zero attached hydrogens (tertiary/aromatic N) is 5. The molecular formula is C46H50ClN11O5. The molecule has 5 heterocycles. The van der Waals surface area contributed by atoms with Crippen molar-refractivity contribution in [2.75, 3.05) is 37.3 Å². The van der Waals surface area contributed by atoms with E-state index in [0.717, 1.165) is 61.9 Å². The summed E-state index contributed by atoms with van der Waals surface area (Å²) in [6, 6.07) is 16.5. The van der Waals surface area contributed by atoms with Gasteiger partial charge in [-0.25, -0.2) is 9.78 Å². The molecule has 1 atom stereocenters. The van der Waals surface area contributed by atoms with Crippen LogP contribution in [0.4, 0.5) is 27.9 Å². The number of carbonyl (C=O) groups excluding carboxylic acids is 5. The Morgan fingerprint density at radius 3 is 2.46 bits per heavy atom. The van der Waals surface area contributed by atoms with Crippen LogP contribution < -0.4 is 31.9 Å². The van der Waals surface area contributed by atoms with Gasteiger partial charge in [0.1, 0.15) is 11.1 Å². The Labute approximate surface area is 370 Å². The maximum absolute atomic E-state index is 13.2. The van der Waals surface area contributed by atoms with Crippen LogP contribution in [0, 0.1) is 11.8 Å². The van der Waals surface area contributed by atoms with E-state index in [-0.39, 0.29) is 42.1 Å². The van der Waals surface area contributed by atoms with Gasteiger partial charge in [-0.05, 0) is 93.0 Å². The van der Waals surface area contributed by atoms with Crippen LogP contribution in [0.1, 0.15) is 101 Å². The standard InChI is InChI=1S/C46H50ClN11O5/c1-48-42(60)35-7-2-3-8-38(35)54-41-36(47)26-51-45(56-41)52-33-14-16-37(50-25-33)29-19-22-57(23-20-29)46(63)53-32-12-10-31(11-13-32)49-21-5-4-6-28-9-15-34-30(24-28)27-58(44(34)62)39-17-18-40(59)55-43(39)61/h2-3,7-9,14-16,24-26,29,31-32,39,49H,5,10-13,17-23,27H2,1H3,(H,48,60)(H,53,63)(H,55,59,61)(H2,51,52,54,56). The molecule has 2 aromatic heterocycles. The van der Waals surface area contributed by atoms with Crippen molar-refractivity contribution in [2.24, 2.45) is 0 Å². The van der Waals surface area contributed by atoms with Crippen LogP contribution in [0.15, 0.2) is 67.0 Å². The van der Waals surface area contributed by atoms with E-state index >= 15 is 0 Å². The van der Waals surface area contributed by atoms with Gasteiger partial charge in [-0.2, -0.15) is 4.98 Å². The SMILES string of the molecule is CNC(=O)c1ccccc1Nc1nc(Nc2ccc(C3CCN(C(=O)NC4CCC(NCCC#Cc5ccc6c(c5)CN(C5CCC(=O)NC5=O)C6=O)CC4)CC3)nc2)ncc1Cl. The second-order valence-corrected chi connectivity index (χ2v) is 16.7. The van der Waals surface area contributed by atoms with E-state index in [4.69, 9.17) is 16.6 Å². The van der Waals surface area contributed by atoms with Crippen LogP contribution in [0.3, 0.4) is 0 Å². The molecule has 0 radical (unpaired) electrons. The fourth-order valence-electron chi connectivity index (χ4n) is 8.66. The van der Waals surface area contributed by atoms with Gasteiger partial charge in [0.05, 0.1) is 29.3 Å². The third-order valence-corrected chi connectivity index (χ3v) is 12.4. The number of aromatic nitrogens is 3. The van der Waals surface area contributed by atoms with Gasteiger partial charge >= 0.3 is 6.03 Å². The second kappa shape index (κ2) is 19.6. The van der Waals surface area contributed by atoms with E-state index in [9.17, 15) is 24.0 Å². The fraction of sp³-hybridized carbons (Fsp3) is 0.391. The lowest BCUT2D eigenvalue weighted by atomic mass is 9.91. The highest BCUT2D eigenvalue weighted by molar-refractivity contribution is 6.33. The molecule has 4 aromatic rings. The Hall–Kier alpha value is -6.57. The number of likely N-dealkylation sites (tertiary alicyclic amines) is 1. The number of para-hydroxylation sites is 1. The van der Waals surface area contributed by atoms with E-state index in [1.54, 1.807) is 42.4 Å². The van der Waals surface area contributed by atoms with Gasteiger partial charge < -0.3 is 36.4 Å². The largest absolute Gasteiger partial charge is 0.355 e. The molecule has 1 aliphatic carbocycles. The van der Waals surface area contributed by atoms with Gasteiger partial charge in [0.15, 0.2) is 5.82 Å². The molecule has 4 aliphatic rings. The summed E-state index contributed by atoms with van der Waals surface area (Å²) in [7, 11) is 1.57. The minimum absolute atomic E-state index is 0.00110. The number of benzene rings is 2. The molecule has 6 amide bonds. The smallest absolute Gasteiger partial charge is 0.317 e. The number of nitrogens with one attached hydrogen (secondary N) is 6. The molecule has 1 saturated carbocycles. The van der Waals surface area contributed by atoms with Crippen LogP contribution in [0.5, 0.6) is 0 Å². The van der Waals surface area contributed by atoms with Crippen LogP contribution in [-0.2, 0) is 16.1 Å². The van der Waals surface area contributed by atoms with Gasteiger partial charge in [0.2, 0.25) is 17.8 Å². The third kappa shape index (κ3) is 10.4. The predicted molar refractivity (Wildman–Crippen MR) is 238 cm³/mol. The average molecular weight is 872 g/mol. The summed E-state index contributed by atoms with van der Waals surface area (Å²) in [4.78, 5) is 79.5. The monoisotopic (exact) mass is 871 g/mol. The van der Waals surface area contributed by atoms with Gasteiger partial charge in [0, 0.05) is 80.9 Å². The maximum Gasteiger partial charge on any atom is 0.317 e. The summed E-state index contributed by atoms with van der Waals surface area (Å²) < 4.78 is 0. The number of rotatable bonds is 11. The van der Waals surface area contributed by atoms with Crippen molar-refractivity contribution in [1.82, 2.24) is 46.0 Å². The molecule has 17 heteroatoms. The molecular weight excluding hydrogens is 822 g/mol. The summed E-state index contributed by atoms with van der Waals surface area (Å²) in [5.41, 5.74) is 4.95. The summed E-state index contributed by atoms with van der Waals surface area (Å²) in [6.45, 7) is 2.42. The summed E-state index contributed by atoms with van der Waals surface area (Å²) >= 11 is 6.40. The zero-order valence-corrected chi connectivity index (χ0v) is 35.8. The molecule has 8 rings (SSSR count). The van der Waals surface area contributed by atoms with Crippen LogP contribution >= 0.6 is 11.6 Å². The number of carbonyl (C=O) groups is 5. The number of urea groups is 1. The normalized spacial score (nSPS) is 20.0. The van der Waals surface area contributed by atoms with Crippen LogP contribution in [0.25, 0.3) is 0 Å². The van der Waals surface area contributed by atoms with Crippen molar-refractivity contribution < 1.29 is 24.0 Å². The molecule has 0 bridgehead atoms. The Bertz CT molecular complexity index is 2440. The van der Waals surface area contributed by atoms with Crippen LogP contribution in [-0.4, -0.2) is 99.2 Å². The summed E-state index contributed by atoms with van der Waals surface area (Å²) in [6.07, 6.45) is 9.94. The van der Waals surface area contributed by atoms with Crippen molar-refractivity contribution in [3.05, 3.63) is 100.0 Å². The lowest BCUT2D eigenvalue weighted by Crippen LogP contribution is -2.52. The Kier molecular flexibility index (Phi) is 13.4. The van der Waals surface area contributed by atoms with Gasteiger partial charge in [-0.1, -0.05) is 35.6 Å². The van der Waals surface area contributed by atoms with Crippen molar-refractivity contribution >= 4 is 64.4 Å². The van der Waals surface area contributed by atoms with E-state index in [2.05, 4.69) is 53.7 Å². The minimum Gasteiger partial charge on any atom is -0.355 e. The zero-order valence-electron chi connectivity index (χ0n) is 35.0. The number of amides is 6. The first kappa shape index (κ1) is 43.1. The minimum atomic E-state index is -0.632. The van der Waals surface area contributed by atoms with Crippen molar-refractivity contribution in [1.29, 1.82) is 0 Å². The Morgan fingerprint density at radius 1 is 0.905 bits per heavy atom. The molecule has 6 N–H and O–H groups in total. The molecule has 326 valence electrons. The number of fused-ring (bicyclic) bond motifs is 1. The second-order valence-electron chi connectivity index (χ2n) is 16.3. The highest BCUT2D eigenvalue weighted by atomic mass is 35.5. The first-order valence-corrected chi connectivity index (χ1v) is 21.9. The number of imide groups is 1. The van der Waals surface area contributed by atoms with Crippen LogP contribution in [0.2, 0.25) is 5.02 Å². The van der Waals surface area contributed by atoms with E-state index in [0.29, 0.717) is 77.8 Å². The van der Waals surface area contributed by atoms with Gasteiger partial charge in [-0.3, -0.25) is 29.5 Å². The predicted octanol–water partition coefficient (Wildman–Crippen LogP) is 5.36. The number of pyridine rings is 1. The van der Waals surface area contributed by atoms with Gasteiger partial charge in [-0.15, -0.1) is 0 Å². The number of hydrogen-bond acceptors (Lipinski definition) is 11. The zero-order chi connectivity index (χ0) is 43.9. The van der Waals surface area contributed by atoms with E-state index < -0.39 is 11.9 Å². The van der Waals surface area contributed by atoms with Crippen molar-refractivity contribution in [2.45, 2.75) is 88.4 Å². The van der Waals surface area contributed by atoms with E-state index in [1.165, 1.54) is 6.20 Å². The number of halogens is 1. The topological polar surface area (TPSA) is 203 Å². The Balaban J connectivity index is 0.726. The molecule has 63 heavy (non-hydrogen) atoms. The molecule has 1 unspecified atom stereocenters. The highest BCUT2D eigenvalue weighted by Crippen LogP contribution is 2.31. The number of hydrogen-bond donors (Lipinski definition) is 6. The average Bonchev–Trinajstić information content (AvgIpc) is 3.62. The molecule has 2 saturated heterocycles. The Morgan fingerprint density at radius 2 is 1.70 bits per heavy atom. The molecule has 3 fully saturated rings. The fourth-order valence-corrected chi connectivity index (χ4v) is 8.80. The first-order valence-electron chi connectivity index (χ1n) is 21.5. The van der Waals surface area contributed by atoms with E-state index in [1.807, 2.05) is 35.2 Å². The van der Waals surface area contributed by atoms with Crippen molar-refractivity contribution in [3.63, 3.8) is 0 Å². The summed E-state index contributed by atoms with van der Waals surface area (Å²) in [5, 5.41) is 18.5. The molecule has 0 spiro atoms. The molecule has 3 aliphatic heterocycles. The highest BCUT2D eigenvalue weighted by Gasteiger charge is 2.39. The number of anilines is 4. The summed E-state index contributed by atoms with van der Waals surface area (Å²) in [5.74, 6) is 6.23. The quantitative estimate of drug-likeness (QED) is 0.0644. The third-order valence-electron chi connectivity index (χ3n) is 12.1. The lowest BCUT2D eigenvalue weighted by molar-refractivity contribution is -0.136. The molecule has 16 nitrogen and oxygen atoms in total. The molecule has 2 aromatic carbocycles. The van der Waals surface area contributed by atoms with Crippen molar-refractivity contribution in [3.8, 4) is 11.8 Å². The van der Waals surface area contributed by atoms with Gasteiger partial charge in [0.25, 0.3) is 11.8 Å².